The van der Waals surface area contributed by atoms with E-state index in [1.165, 1.54) is 10.8 Å². The van der Waals surface area contributed by atoms with Gasteiger partial charge in [0.05, 0.1) is 30.4 Å². The first-order valence-electron chi connectivity index (χ1n) is 6.43. The number of aromatic carboxylic acids is 1. The SMILES string of the molecule is CCN1CCOC(Cn2cc([N+](=O)[O-])cc2C(=O)O)C1. The number of hydrogen-bond acceptors (Lipinski definition) is 5. The number of ether oxygens (including phenoxy) is 1. The molecule has 1 aromatic rings. The second-order valence-electron chi connectivity index (χ2n) is 4.68. The molecule has 1 aliphatic heterocycles. The van der Waals surface area contributed by atoms with Crippen molar-refractivity contribution in [2.24, 2.45) is 0 Å². The van der Waals surface area contributed by atoms with Gasteiger partial charge in [-0.3, -0.25) is 15.0 Å². The fourth-order valence-electron chi connectivity index (χ4n) is 2.32. The molecular formula is C12H17N3O5. The summed E-state index contributed by atoms with van der Waals surface area (Å²) in [4.78, 5) is 23.5. The zero-order chi connectivity index (χ0) is 14.7. The van der Waals surface area contributed by atoms with E-state index in [0.717, 1.165) is 19.2 Å². The maximum absolute atomic E-state index is 11.1. The number of hydrogen-bond donors (Lipinski definition) is 1. The Morgan fingerprint density at radius 2 is 2.40 bits per heavy atom. The number of morpholine rings is 1. The van der Waals surface area contributed by atoms with Crippen LogP contribution in [0.4, 0.5) is 5.69 Å². The predicted octanol–water partition coefficient (Wildman–Crippen LogP) is 0.815. The number of likely N-dealkylation sites (N-methyl/N-ethyl adjacent to an activating group) is 1. The monoisotopic (exact) mass is 283 g/mol. The molecule has 0 amide bonds. The van der Waals surface area contributed by atoms with Crippen LogP contribution in [0.5, 0.6) is 0 Å². The molecule has 1 unspecified atom stereocenters. The third-order valence-corrected chi connectivity index (χ3v) is 3.38. The van der Waals surface area contributed by atoms with Crippen LogP contribution in [0.3, 0.4) is 0 Å². The van der Waals surface area contributed by atoms with Crippen molar-refractivity contribution in [3.05, 3.63) is 28.1 Å². The van der Waals surface area contributed by atoms with Crippen molar-refractivity contribution in [2.45, 2.75) is 19.6 Å². The molecule has 20 heavy (non-hydrogen) atoms. The lowest BCUT2D eigenvalue weighted by molar-refractivity contribution is -0.384. The summed E-state index contributed by atoms with van der Waals surface area (Å²) in [5, 5.41) is 19.8. The van der Waals surface area contributed by atoms with Crippen molar-refractivity contribution in [1.82, 2.24) is 9.47 Å². The highest BCUT2D eigenvalue weighted by molar-refractivity contribution is 5.86. The first kappa shape index (κ1) is 14.5. The van der Waals surface area contributed by atoms with E-state index in [1.54, 1.807) is 0 Å². The molecular weight excluding hydrogens is 266 g/mol. The molecule has 1 saturated heterocycles. The van der Waals surface area contributed by atoms with Gasteiger partial charge in [-0.25, -0.2) is 4.79 Å². The maximum atomic E-state index is 11.1. The van der Waals surface area contributed by atoms with Gasteiger partial charge in [0, 0.05) is 19.2 Å². The van der Waals surface area contributed by atoms with E-state index < -0.39 is 10.9 Å². The molecule has 0 spiro atoms. The minimum atomic E-state index is -1.18. The topological polar surface area (TPSA) is 97.8 Å². The number of rotatable bonds is 5. The lowest BCUT2D eigenvalue weighted by Crippen LogP contribution is -2.44. The number of carbonyl (C=O) groups is 1. The van der Waals surface area contributed by atoms with Gasteiger partial charge >= 0.3 is 5.97 Å². The van der Waals surface area contributed by atoms with Crippen molar-refractivity contribution in [1.29, 1.82) is 0 Å². The molecule has 8 nitrogen and oxygen atoms in total. The molecule has 2 rings (SSSR count). The second-order valence-corrected chi connectivity index (χ2v) is 4.68. The highest BCUT2D eigenvalue weighted by atomic mass is 16.6. The lowest BCUT2D eigenvalue weighted by atomic mass is 10.2. The zero-order valence-electron chi connectivity index (χ0n) is 11.2. The lowest BCUT2D eigenvalue weighted by Gasteiger charge is -2.32. The van der Waals surface area contributed by atoms with Crippen molar-refractivity contribution in [2.75, 3.05) is 26.2 Å². The summed E-state index contributed by atoms with van der Waals surface area (Å²) in [5.74, 6) is -1.18. The van der Waals surface area contributed by atoms with Crippen LogP contribution in [-0.4, -0.2) is 57.8 Å². The van der Waals surface area contributed by atoms with E-state index >= 15 is 0 Å². The molecule has 110 valence electrons. The van der Waals surface area contributed by atoms with E-state index in [9.17, 15) is 14.9 Å². The fraction of sp³-hybridized carbons (Fsp3) is 0.583. The summed E-state index contributed by atoms with van der Waals surface area (Å²) in [6.07, 6.45) is 1.09. The molecule has 8 heteroatoms. The minimum Gasteiger partial charge on any atom is -0.477 e. The Balaban J connectivity index is 2.15. The summed E-state index contributed by atoms with van der Waals surface area (Å²) in [6.45, 7) is 5.38. The Kier molecular flexibility index (Phi) is 4.35. The van der Waals surface area contributed by atoms with E-state index in [2.05, 4.69) is 4.90 Å². The van der Waals surface area contributed by atoms with Crippen LogP contribution in [0.2, 0.25) is 0 Å². The third kappa shape index (κ3) is 3.14. The number of aromatic nitrogens is 1. The fourth-order valence-corrected chi connectivity index (χ4v) is 2.32. The molecule has 1 fully saturated rings. The standard InChI is InChI=1S/C12H17N3O5/c1-2-13-3-4-20-10(7-13)8-14-6-9(15(18)19)5-11(14)12(16)17/h5-6,10H,2-4,7-8H2,1H3,(H,16,17). The Hall–Kier alpha value is -1.93. The first-order valence-corrected chi connectivity index (χ1v) is 6.43. The molecule has 1 atom stereocenters. The number of carboxylic acids is 1. The quantitative estimate of drug-likeness (QED) is 0.634. The van der Waals surface area contributed by atoms with Crippen molar-refractivity contribution in [3.8, 4) is 0 Å². The van der Waals surface area contributed by atoms with Crippen LogP contribution in [0.25, 0.3) is 0 Å². The molecule has 0 saturated carbocycles. The maximum Gasteiger partial charge on any atom is 0.352 e. The zero-order valence-corrected chi connectivity index (χ0v) is 11.2. The van der Waals surface area contributed by atoms with Crippen molar-refractivity contribution >= 4 is 11.7 Å². The van der Waals surface area contributed by atoms with E-state index in [-0.39, 0.29) is 17.5 Å². The van der Waals surface area contributed by atoms with E-state index in [0.29, 0.717) is 19.7 Å². The van der Waals surface area contributed by atoms with Crippen LogP contribution < -0.4 is 0 Å². The van der Waals surface area contributed by atoms with Gasteiger partial charge in [0.1, 0.15) is 5.69 Å². The van der Waals surface area contributed by atoms with E-state index in [1.807, 2.05) is 6.92 Å². The van der Waals surface area contributed by atoms with Crippen LogP contribution in [0, 0.1) is 10.1 Å². The summed E-state index contributed by atoms with van der Waals surface area (Å²) in [6, 6.07) is 1.07. The molecule has 1 aromatic heterocycles. The Morgan fingerprint density at radius 3 is 3.00 bits per heavy atom. The van der Waals surface area contributed by atoms with Gasteiger partial charge in [0.15, 0.2) is 0 Å². The highest BCUT2D eigenvalue weighted by Crippen LogP contribution is 2.18. The predicted molar refractivity (Wildman–Crippen MR) is 69.9 cm³/mol. The Morgan fingerprint density at radius 1 is 1.65 bits per heavy atom. The summed E-state index contributed by atoms with van der Waals surface area (Å²) < 4.78 is 6.97. The van der Waals surface area contributed by atoms with Crippen LogP contribution in [-0.2, 0) is 11.3 Å². The molecule has 0 radical (unpaired) electrons. The normalized spacial score (nSPS) is 19.9. The summed E-state index contributed by atoms with van der Waals surface area (Å²) in [5.41, 5.74) is -0.306. The Labute approximate surface area is 115 Å². The van der Waals surface area contributed by atoms with Gasteiger partial charge < -0.3 is 14.4 Å². The minimum absolute atomic E-state index is 0.0890. The molecule has 1 N–H and O–H groups in total. The summed E-state index contributed by atoms with van der Waals surface area (Å²) in [7, 11) is 0. The largest absolute Gasteiger partial charge is 0.477 e. The molecule has 0 aliphatic carbocycles. The van der Waals surface area contributed by atoms with Gasteiger partial charge in [-0.2, -0.15) is 0 Å². The number of nitro groups is 1. The number of carboxylic acid groups (broad SMARTS) is 1. The van der Waals surface area contributed by atoms with Gasteiger partial charge in [-0.1, -0.05) is 6.92 Å². The number of nitrogens with zero attached hydrogens (tertiary/aromatic N) is 3. The van der Waals surface area contributed by atoms with E-state index in [4.69, 9.17) is 9.84 Å². The van der Waals surface area contributed by atoms with Crippen LogP contribution in [0.1, 0.15) is 17.4 Å². The van der Waals surface area contributed by atoms with Crippen LogP contribution >= 0.6 is 0 Å². The third-order valence-electron chi connectivity index (χ3n) is 3.38. The second kappa shape index (κ2) is 6.02. The first-order chi connectivity index (χ1) is 9.51. The highest BCUT2D eigenvalue weighted by Gasteiger charge is 2.24. The average Bonchev–Trinajstić information content (AvgIpc) is 2.83. The van der Waals surface area contributed by atoms with Crippen LogP contribution in [0.15, 0.2) is 12.3 Å². The van der Waals surface area contributed by atoms with Crippen molar-refractivity contribution in [3.63, 3.8) is 0 Å². The van der Waals surface area contributed by atoms with Gasteiger partial charge in [-0.15, -0.1) is 0 Å². The smallest absolute Gasteiger partial charge is 0.352 e. The molecule has 0 aromatic carbocycles. The Bertz CT molecular complexity index is 513. The molecule has 2 heterocycles. The van der Waals surface area contributed by atoms with Crippen molar-refractivity contribution < 1.29 is 19.6 Å². The summed E-state index contributed by atoms with van der Waals surface area (Å²) >= 11 is 0. The van der Waals surface area contributed by atoms with Gasteiger partial charge in [-0.05, 0) is 6.54 Å². The molecule has 0 bridgehead atoms. The molecule has 1 aliphatic rings. The van der Waals surface area contributed by atoms with Gasteiger partial charge in [0.2, 0.25) is 0 Å². The average molecular weight is 283 g/mol. The van der Waals surface area contributed by atoms with Gasteiger partial charge in [0.25, 0.3) is 5.69 Å².